The number of ether oxygens (including phenoxy) is 1. The van der Waals surface area contributed by atoms with Crippen molar-refractivity contribution in [2.75, 3.05) is 26.8 Å². The van der Waals surface area contributed by atoms with Crippen LogP contribution in [0, 0.1) is 0 Å². The molecular formula is C14H18ClN3O4. The summed E-state index contributed by atoms with van der Waals surface area (Å²) in [7, 11) is 1.57. The molecule has 2 aromatic rings. The Morgan fingerprint density at radius 2 is 2.09 bits per heavy atom. The van der Waals surface area contributed by atoms with Crippen molar-refractivity contribution in [3.05, 3.63) is 36.2 Å². The molecule has 0 aliphatic rings. The van der Waals surface area contributed by atoms with E-state index in [1.165, 1.54) is 0 Å². The normalized spacial score (nSPS) is 10.5. The molecular weight excluding hydrogens is 310 g/mol. The Bertz CT molecular complexity index is 576. The van der Waals surface area contributed by atoms with E-state index in [1.54, 1.807) is 12.0 Å². The molecule has 1 heterocycles. The topological polar surface area (TPSA) is 88.7 Å². The second-order valence-corrected chi connectivity index (χ2v) is 4.47. The number of aliphatic carboxylic acids is 1. The molecule has 0 aliphatic heterocycles. The maximum absolute atomic E-state index is 10.8. The minimum Gasteiger partial charge on any atom is -0.480 e. The van der Waals surface area contributed by atoms with Crippen LogP contribution in [-0.2, 0) is 16.1 Å². The summed E-state index contributed by atoms with van der Waals surface area (Å²) < 4.78 is 10.1. The number of benzene rings is 1. The van der Waals surface area contributed by atoms with E-state index in [-0.39, 0.29) is 25.5 Å². The van der Waals surface area contributed by atoms with Gasteiger partial charge in [0.15, 0.2) is 0 Å². The Morgan fingerprint density at radius 3 is 2.73 bits per heavy atom. The Morgan fingerprint density at radius 1 is 1.36 bits per heavy atom. The highest BCUT2D eigenvalue weighted by Crippen LogP contribution is 2.15. The summed E-state index contributed by atoms with van der Waals surface area (Å²) in [5.74, 6) is -0.0345. The molecule has 1 aromatic heterocycles. The van der Waals surface area contributed by atoms with Crippen LogP contribution in [-0.4, -0.2) is 52.9 Å². The van der Waals surface area contributed by atoms with Gasteiger partial charge in [-0.25, -0.2) is 0 Å². The van der Waals surface area contributed by atoms with Crippen molar-refractivity contribution in [2.45, 2.75) is 6.54 Å². The number of nitrogens with zero attached hydrogens (tertiary/aromatic N) is 3. The third-order valence-electron chi connectivity index (χ3n) is 2.83. The lowest BCUT2D eigenvalue weighted by Crippen LogP contribution is -2.32. The molecule has 0 fully saturated rings. The van der Waals surface area contributed by atoms with Crippen LogP contribution in [0.3, 0.4) is 0 Å². The lowest BCUT2D eigenvalue weighted by molar-refractivity contribution is -0.138. The average molecular weight is 328 g/mol. The van der Waals surface area contributed by atoms with Crippen LogP contribution in [0.4, 0.5) is 0 Å². The maximum atomic E-state index is 10.8. The molecule has 0 radical (unpaired) electrons. The second kappa shape index (κ2) is 9.14. The van der Waals surface area contributed by atoms with E-state index in [4.69, 9.17) is 14.4 Å². The third-order valence-corrected chi connectivity index (χ3v) is 2.83. The number of carboxylic acid groups (broad SMARTS) is 1. The fourth-order valence-corrected chi connectivity index (χ4v) is 1.84. The first-order valence-corrected chi connectivity index (χ1v) is 6.50. The van der Waals surface area contributed by atoms with Crippen molar-refractivity contribution in [3.63, 3.8) is 0 Å². The summed E-state index contributed by atoms with van der Waals surface area (Å²) in [6, 6.07) is 9.45. The number of aromatic nitrogens is 2. The molecule has 0 saturated heterocycles. The zero-order valence-electron chi connectivity index (χ0n) is 12.1. The Hall–Kier alpha value is -1.96. The van der Waals surface area contributed by atoms with Crippen LogP contribution < -0.4 is 0 Å². The first-order valence-electron chi connectivity index (χ1n) is 6.50. The molecule has 0 unspecified atom stereocenters. The van der Waals surface area contributed by atoms with E-state index in [2.05, 4.69) is 10.1 Å². The maximum Gasteiger partial charge on any atom is 0.317 e. The molecule has 1 aromatic carbocycles. The molecule has 0 atom stereocenters. The van der Waals surface area contributed by atoms with Gasteiger partial charge in [-0.1, -0.05) is 35.5 Å². The third kappa shape index (κ3) is 5.44. The smallest absolute Gasteiger partial charge is 0.317 e. The van der Waals surface area contributed by atoms with Gasteiger partial charge in [0.25, 0.3) is 0 Å². The molecule has 120 valence electrons. The minimum atomic E-state index is -0.908. The number of carboxylic acids is 1. The van der Waals surface area contributed by atoms with Crippen LogP contribution in [0.15, 0.2) is 34.9 Å². The largest absolute Gasteiger partial charge is 0.480 e. The van der Waals surface area contributed by atoms with Crippen molar-refractivity contribution in [3.8, 4) is 11.4 Å². The summed E-state index contributed by atoms with van der Waals surface area (Å²) in [5, 5.41) is 12.8. The predicted molar refractivity (Wildman–Crippen MR) is 81.8 cm³/mol. The lowest BCUT2D eigenvalue weighted by Gasteiger charge is -2.17. The summed E-state index contributed by atoms with van der Waals surface area (Å²) in [4.78, 5) is 16.8. The van der Waals surface area contributed by atoms with Gasteiger partial charge in [-0.3, -0.25) is 9.69 Å². The monoisotopic (exact) mass is 327 g/mol. The van der Waals surface area contributed by atoms with Gasteiger partial charge in [0.05, 0.1) is 19.7 Å². The lowest BCUT2D eigenvalue weighted by atomic mass is 10.2. The van der Waals surface area contributed by atoms with E-state index >= 15 is 0 Å². The number of carbonyl (C=O) groups is 1. The highest BCUT2D eigenvalue weighted by molar-refractivity contribution is 5.85. The molecule has 2 rings (SSSR count). The van der Waals surface area contributed by atoms with E-state index in [1.807, 2.05) is 30.3 Å². The highest BCUT2D eigenvalue weighted by Gasteiger charge is 2.15. The van der Waals surface area contributed by atoms with Gasteiger partial charge in [-0.15, -0.1) is 12.4 Å². The molecule has 7 nitrogen and oxygen atoms in total. The van der Waals surface area contributed by atoms with Gasteiger partial charge >= 0.3 is 5.97 Å². The standard InChI is InChI=1S/C14H17N3O4.ClH/c1-20-8-7-17(10-13(18)19)9-12-15-14(16-21-12)11-5-3-2-4-6-11;/h2-6H,7-10H2,1H3,(H,18,19);1H. The number of halogens is 1. The van der Waals surface area contributed by atoms with Gasteiger partial charge in [0, 0.05) is 19.2 Å². The van der Waals surface area contributed by atoms with E-state index in [9.17, 15) is 4.79 Å². The van der Waals surface area contributed by atoms with Crippen LogP contribution in [0.2, 0.25) is 0 Å². The molecule has 0 bridgehead atoms. The zero-order valence-corrected chi connectivity index (χ0v) is 13.0. The number of hydrogen-bond acceptors (Lipinski definition) is 6. The van der Waals surface area contributed by atoms with Gasteiger partial charge in [0.2, 0.25) is 11.7 Å². The molecule has 0 spiro atoms. The predicted octanol–water partition coefficient (Wildman–Crippen LogP) is 1.69. The molecule has 0 saturated carbocycles. The number of rotatable bonds is 8. The van der Waals surface area contributed by atoms with Gasteiger partial charge in [0.1, 0.15) is 0 Å². The van der Waals surface area contributed by atoms with Crippen molar-refractivity contribution in [2.24, 2.45) is 0 Å². The fourth-order valence-electron chi connectivity index (χ4n) is 1.84. The van der Waals surface area contributed by atoms with E-state index in [0.29, 0.717) is 24.9 Å². The van der Waals surface area contributed by atoms with Crippen LogP contribution >= 0.6 is 12.4 Å². The van der Waals surface area contributed by atoms with Gasteiger partial charge in [-0.2, -0.15) is 4.98 Å². The molecule has 8 heteroatoms. The van der Waals surface area contributed by atoms with Crippen molar-refractivity contribution < 1.29 is 19.2 Å². The molecule has 1 N–H and O–H groups in total. The molecule has 0 amide bonds. The van der Waals surface area contributed by atoms with Crippen molar-refractivity contribution in [1.29, 1.82) is 0 Å². The zero-order chi connectivity index (χ0) is 15.1. The Labute approximate surface area is 134 Å². The van der Waals surface area contributed by atoms with Gasteiger partial charge < -0.3 is 14.4 Å². The number of hydrogen-bond donors (Lipinski definition) is 1. The highest BCUT2D eigenvalue weighted by atomic mass is 35.5. The Balaban J connectivity index is 0.00000242. The number of methoxy groups -OCH3 is 1. The summed E-state index contributed by atoms with van der Waals surface area (Å²) in [6.45, 7) is 1.08. The quantitative estimate of drug-likeness (QED) is 0.789. The van der Waals surface area contributed by atoms with Crippen LogP contribution in [0.1, 0.15) is 5.89 Å². The van der Waals surface area contributed by atoms with E-state index in [0.717, 1.165) is 5.56 Å². The Kier molecular flexibility index (Phi) is 7.51. The SMILES string of the molecule is COCCN(CC(=O)O)Cc1nc(-c2ccccc2)no1.Cl. The summed E-state index contributed by atoms with van der Waals surface area (Å²) in [5.41, 5.74) is 0.856. The van der Waals surface area contributed by atoms with Crippen molar-refractivity contribution in [1.82, 2.24) is 15.0 Å². The average Bonchev–Trinajstić information content (AvgIpc) is 2.93. The first-order chi connectivity index (χ1) is 10.2. The second-order valence-electron chi connectivity index (χ2n) is 4.47. The van der Waals surface area contributed by atoms with Crippen molar-refractivity contribution >= 4 is 18.4 Å². The van der Waals surface area contributed by atoms with Crippen LogP contribution in [0.5, 0.6) is 0 Å². The fraction of sp³-hybridized carbons (Fsp3) is 0.357. The first kappa shape index (κ1) is 18.1. The van der Waals surface area contributed by atoms with Gasteiger partial charge in [-0.05, 0) is 0 Å². The molecule has 0 aliphatic carbocycles. The van der Waals surface area contributed by atoms with E-state index < -0.39 is 5.97 Å². The summed E-state index contributed by atoms with van der Waals surface area (Å²) in [6.07, 6.45) is 0. The van der Waals surface area contributed by atoms with Crippen LogP contribution in [0.25, 0.3) is 11.4 Å². The molecule has 22 heavy (non-hydrogen) atoms. The summed E-state index contributed by atoms with van der Waals surface area (Å²) >= 11 is 0. The minimum absolute atomic E-state index is 0.